The van der Waals surface area contributed by atoms with Gasteiger partial charge in [0.1, 0.15) is 5.60 Å². The van der Waals surface area contributed by atoms with E-state index in [0.717, 1.165) is 18.4 Å². The van der Waals surface area contributed by atoms with Gasteiger partial charge in [-0.2, -0.15) is 0 Å². The van der Waals surface area contributed by atoms with Gasteiger partial charge < -0.3 is 19.5 Å². The van der Waals surface area contributed by atoms with E-state index in [1.165, 1.54) is 12.1 Å². The Hall–Kier alpha value is -2.30. The molecule has 0 saturated carbocycles. The lowest BCUT2D eigenvalue weighted by molar-refractivity contribution is -0.255. The summed E-state index contributed by atoms with van der Waals surface area (Å²) in [6, 6.07) is 6.46. The third-order valence-electron chi connectivity index (χ3n) is 3.58. The number of carbonyl (C=O) groups excluding carboxylic acids is 2. The molecule has 0 spiro atoms. The lowest BCUT2D eigenvalue weighted by Crippen LogP contribution is -2.39. The molecule has 0 aromatic heterocycles. The molecule has 0 bridgehead atoms. The van der Waals surface area contributed by atoms with Crippen molar-refractivity contribution in [1.82, 2.24) is 4.90 Å². The maximum absolute atomic E-state index is 12.2. The van der Waals surface area contributed by atoms with Gasteiger partial charge in [0.2, 0.25) is 0 Å². The largest absolute Gasteiger partial charge is 0.545 e. The number of nitrogens with zero attached hydrogens (tertiary/aromatic N) is 1. The van der Waals surface area contributed by atoms with Crippen LogP contribution in [0.5, 0.6) is 0 Å². The van der Waals surface area contributed by atoms with E-state index in [9.17, 15) is 14.7 Å². The fourth-order valence-electron chi connectivity index (χ4n) is 2.49. The number of ether oxygens (including phenoxy) is 1. The summed E-state index contributed by atoms with van der Waals surface area (Å²) in [5, 5.41) is 10.7. The van der Waals surface area contributed by atoms with E-state index >= 15 is 0 Å². The SMILES string of the molecule is CC(C)(C)OC(=O)N1CCCC1/C=C/c1ccc(C(=O)[O-])cc1. The molecule has 1 unspecified atom stereocenters. The van der Waals surface area contributed by atoms with Crippen LogP contribution in [-0.2, 0) is 4.74 Å². The first-order valence-corrected chi connectivity index (χ1v) is 7.75. The first-order valence-electron chi connectivity index (χ1n) is 7.75. The molecule has 1 saturated heterocycles. The molecule has 1 aliphatic rings. The van der Waals surface area contributed by atoms with Gasteiger partial charge in [-0.3, -0.25) is 0 Å². The molecule has 1 fully saturated rings. The summed E-state index contributed by atoms with van der Waals surface area (Å²) in [7, 11) is 0. The van der Waals surface area contributed by atoms with E-state index in [1.807, 2.05) is 32.9 Å². The van der Waals surface area contributed by atoms with Gasteiger partial charge in [0.05, 0.1) is 12.0 Å². The normalized spacial score (nSPS) is 18.4. The van der Waals surface area contributed by atoms with Crippen LogP contribution in [0.15, 0.2) is 30.3 Å². The van der Waals surface area contributed by atoms with Crippen LogP contribution in [0.1, 0.15) is 49.5 Å². The maximum atomic E-state index is 12.2. The zero-order valence-corrected chi connectivity index (χ0v) is 13.7. The Balaban J connectivity index is 2.03. The number of amides is 1. The first-order chi connectivity index (χ1) is 10.8. The minimum atomic E-state index is -1.19. The highest BCUT2D eigenvalue weighted by Gasteiger charge is 2.30. The molecule has 1 aromatic rings. The Labute approximate surface area is 136 Å². The summed E-state index contributed by atoms with van der Waals surface area (Å²) in [5.41, 5.74) is 0.527. The molecule has 1 heterocycles. The van der Waals surface area contributed by atoms with Crippen molar-refractivity contribution in [3.63, 3.8) is 0 Å². The minimum absolute atomic E-state index is 0.00525. The van der Waals surface area contributed by atoms with E-state index in [-0.39, 0.29) is 17.7 Å². The van der Waals surface area contributed by atoms with Crippen LogP contribution in [-0.4, -0.2) is 35.2 Å². The van der Waals surface area contributed by atoms with Gasteiger partial charge in [-0.25, -0.2) is 4.79 Å². The second-order valence-electron chi connectivity index (χ2n) is 6.65. The molecule has 23 heavy (non-hydrogen) atoms. The highest BCUT2D eigenvalue weighted by Crippen LogP contribution is 2.22. The van der Waals surface area contributed by atoms with Crippen LogP contribution in [0.4, 0.5) is 4.79 Å². The summed E-state index contributed by atoms with van der Waals surface area (Å²) in [4.78, 5) is 24.7. The van der Waals surface area contributed by atoms with E-state index in [0.29, 0.717) is 6.54 Å². The van der Waals surface area contributed by atoms with E-state index < -0.39 is 11.6 Å². The number of carbonyl (C=O) groups is 2. The molecule has 1 aliphatic heterocycles. The van der Waals surface area contributed by atoms with Gasteiger partial charge in [0.25, 0.3) is 0 Å². The molecule has 124 valence electrons. The zero-order chi connectivity index (χ0) is 17.0. The predicted molar refractivity (Wildman–Crippen MR) is 85.8 cm³/mol. The number of benzene rings is 1. The average Bonchev–Trinajstić information content (AvgIpc) is 2.92. The van der Waals surface area contributed by atoms with Crippen molar-refractivity contribution >= 4 is 18.1 Å². The quantitative estimate of drug-likeness (QED) is 0.859. The third-order valence-corrected chi connectivity index (χ3v) is 3.58. The number of hydrogen-bond acceptors (Lipinski definition) is 4. The zero-order valence-electron chi connectivity index (χ0n) is 13.7. The third kappa shape index (κ3) is 4.84. The Morgan fingerprint density at radius 1 is 1.26 bits per heavy atom. The number of likely N-dealkylation sites (tertiary alicyclic amines) is 1. The van der Waals surface area contributed by atoms with Crippen molar-refractivity contribution in [3.8, 4) is 0 Å². The summed E-state index contributed by atoms with van der Waals surface area (Å²) in [5.74, 6) is -1.19. The van der Waals surface area contributed by atoms with E-state index in [1.54, 1.807) is 17.0 Å². The summed E-state index contributed by atoms with van der Waals surface area (Å²) in [6.07, 6.45) is 5.40. The van der Waals surface area contributed by atoms with Crippen LogP contribution in [0.2, 0.25) is 0 Å². The maximum Gasteiger partial charge on any atom is 0.410 e. The van der Waals surface area contributed by atoms with Crippen LogP contribution in [0.3, 0.4) is 0 Å². The molecular weight excluding hydrogens is 294 g/mol. The first kappa shape index (κ1) is 17.1. The van der Waals surface area contributed by atoms with Gasteiger partial charge in [-0.05, 0) is 44.7 Å². The van der Waals surface area contributed by atoms with Crippen molar-refractivity contribution in [2.45, 2.75) is 45.3 Å². The number of carboxylic acids is 1. The predicted octanol–water partition coefficient (Wildman–Crippen LogP) is 2.46. The van der Waals surface area contributed by atoms with Crippen molar-refractivity contribution in [3.05, 3.63) is 41.5 Å². The van der Waals surface area contributed by atoms with Crippen LogP contribution in [0, 0.1) is 0 Å². The molecule has 0 aliphatic carbocycles. The monoisotopic (exact) mass is 316 g/mol. The van der Waals surface area contributed by atoms with Crippen LogP contribution >= 0.6 is 0 Å². The summed E-state index contributed by atoms with van der Waals surface area (Å²) < 4.78 is 5.43. The van der Waals surface area contributed by atoms with Crippen molar-refractivity contribution < 1.29 is 19.4 Å². The summed E-state index contributed by atoms with van der Waals surface area (Å²) >= 11 is 0. The van der Waals surface area contributed by atoms with Crippen LogP contribution in [0.25, 0.3) is 6.08 Å². The number of rotatable bonds is 3. The Morgan fingerprint density at radius 3 is 2.48 bits per heavy atom. The van der Waals surface area contributed by atoms with Crippen LogP contribution < -0.4 is 5.11 Å². The lowest BCUT2D eigenvalue weighted by Gasteiger charge is -2.27. The fourth-order valence-corrected chi connectivity index (χ4v) is 2.49. The molecule has 0 N–H and O–H groups in total. The smallest absolute Gasteiger partial charge is 0.410 e. The van der Waals surface area contributed by atoms with Gasteiger partial charge >= 0.3 is 6.09 Å². The molecule has 1 aromatic carbocycles. The molecule has 1 amide bonds. The van der Waals surface area contributed by atoms with E-state index in [2.05, 4.69) is 0 Å². The lowest BCUT2D eigenvalue weighted by atomic mass is 10.1. The Kier molecular flexibility index (Phi) is 5.08. The van der Waals surface area contributed by atoms with Crippen molar-refractivity contribution in [2.75, 3.05) is 6.54 Å². The Morgan fingerprint density at radius 2 is 1.91 bits per heavy atom. The topological polar surface area (TPSA) is 69.7 Å². The minimum Gasteiger partial charge on any atom is -0.545 e. The van der Waals surface area contributed by atoms with Gasteiger partial charge in [-0.15, -0.1) is 0 Å². The highest BCUT2D eigenvalue weighted by atomic mass is 16.6. The molecule has 0 radical (unpaired) electrons. The molecule has 5 nitrogen and oxygen atoms in total. The second-order valence-corrected chi connectivity index (χ2v) is 6.65. The number of aromatic carboxylic acids is 1. The second kappa shape index (κ2) is 6.86. The number of carboxylic acid groups (broad SMARTS) is 1. The van der Waals surface area contributed by atoms with Gasteiger partial charge in [0.15, 0.2) is 0 Å². The fraction of sp³-hybridized carbons (Fsp3) is 0.444. The molecule has 5 heteroatoms. The summed E-state index contributed by atoms with van der Waals surface area (Å²) in [6.45, 7) is 6.24. The van der Waals surface area contributed by atoms with Gasteiger partial charge in [0, 0.05) is 6.54 Å². The molecular formula is C18H22NO4-. The number of hydrogen-bond donors (Lipinski definition) is 0. The van der Waals surface area contributed by atoms with Gasteiger partial charge in [-0.1, -0.05) is 36.4 Å². The van der Waals surface area contributed by atoms with Crippen molar-refractivity contribution in [2.24, 2.45) is 0 Å². The standard InChI is InChI=1S/C18H23NO4/c1-18(2,3)23-17(22)19-12-4-5-15(19)11-8-13-6-9-14(10-7-13)16(20)21/h6-11,15H,4-5,12H2,1-3H3,(H,20,21)/p-1/b11-8+. The molecule has 2 rings (SSSR count). The van der Waals surface area contributed by atoms with Crippen molar-refractivity contribution in [1.29, 1.82) is 0 Å². The average molecular weight is 316 g/mol. The molecule has 1 atom stereocenters. The Bertz CT molecular complexity index is 598. The van der Waals surface area contributed by atoms with E-state index in [4.69, 9.17) is 4.74 Å². The highest BCUT2D eigenvalue weighted by molar-refractivity contribution is 5.86.